The Hall–Kier alpha value is -1.47. The number of hydrogen-bond donors (Lipinski definition) is 0. The number of hydrogen-bond acceptors (Lipinski definition) is 2. The molecule has 1 aromatic carbocycles. The van der Waals surface area contributed by atoms with Crippen LogP contribution in [0.4, 0.5) is 22.0 Å². The fourth-order valence-electron chi connectivity index (χ4n) is 6.75. The Morgan fingerprint density at radius 2 is 1.51 bits per heavy atom. The summed E-state index contributed by atoms with van der Waals surface area (Å²) in [6.07, 6.45) is 8.59. The number of unbranched alkanes of at least 4 members (excludes halogenated alkanes) is 2. The van der Waals surface area contributed by atoms with Crippen molar-refractivity contribution in [1.82, 2.24) is 0 Å². The molecule has 1 saturated heterocycles. The summed E-state index contributed by atoms with van der Waals surface area (Å²) in [6.45, 7) is 2.05. The number of alkyl halides is 3. The maximum Gasteiger partial charge on any atom is 0.412 e. The molecule has 1 aromatic rings. The van der Waals surface area contributed by atoms with E-state index in [1.807, 2.05) is 6.07 Å². The quantitative estimate of drug-likeness (QED) is 0.247. The average Bonchev–Trinajstić information content (AvgIpc) is 2.88. The van der Waals surface area contributed by atoms with Crippen molar-refractivity contribution < 1.29 is 31.4 Å². The molecule has 3 aliphatic rings. The minimum Gasteiger partial charge on any atom is -0.346 e. The van der Waals surface area contributed by atoms with Gasteiger partial charge in [-0.05, 0) is 79.4 Å². The van der Waals surface area contributed by atoms with Crippen LogP contribution in [-0.2, 0) is 9.47 Å². The van der Waals surface area contributed by atoms with Crippen molar-refractivity contribution in [3.8, 4) is 0 Å². The van der Waals surface area contributed by atoms with Gasteiger partial charge in [0.1, 0.15) is 5.82 Å². The van der Waals surface area contributed by atoms with Gasteiger partial charge >= 0.3 is 6.18 Å². The second kappa shape index (κ2) is 13.1. The van der Waals surface area contributed by atoms with Crippen LogP contribution in [0.15, 0.2) is 30.1 Å². The van der Waals surface area contributed by atoms with Gasteiger partial charge < -0.3 is 9.47 Å². The number of rotatable bonds is 8. The Morgan fingerprint density at radius 3 is 2.08 bits per heavy atom. The molecule has 3 fully saturated rings. The van der Waals surface area contributed by atoms with Gasteiger partial charge in [0.2, 0.25) is 6.29 Å². The van der Waals surface area contributed by atoms with Crippen molar-refractivity contribution in [3.05, 3.63) is 47.0 Å². The molecule has 0 amide bonds. The van der Waals surface area contributed by atoms with E-state index in [-0.39, 0.29) is 19.0 Å². The molecule has 2 nitrogen and oxygen atoms in total. The Bertz CT molecular complexity index is 874. The standard InChI is InChI=1S/C30H41F5O2/c1-2-3-4-5-20-6-8-21(9-7-20)22-10-12-23(13-11-22)24-14-15-26(27(31)16-24)25-18-36-29(37-19-25)28(32)17-30(33,34)35/h14-17,20-23,25,29H,2-13,18-19H2,1H3/b28-17-. The number of allylic oxidation sites excluding steroid dienone is 1. The highest BCUT2D eigenvalue weighted by Crippen LogP contribution is 2.45. The van der Waals surface area contributed by atoms with Gasteiger partial charge in [-0.2, -0.15) is 13.2 Å². The van der Waals surface area contributed by atoms with Crippen LogP contribution in [0.1, 0.15) is 107 Å². The summed E-state index contributed by atoms with van der Waals surface area (Å²) < 4.78 is 76.0. The number of benzene rings is 1. The van der Waals surface area contributed by atoms with Crippen LogP contribution in [0, 0.1) is 23.6 Å². The van der Waals surface area contributed by atoms with E-state index in [1.165, 1.54) is 64.2 Å². The van der Waals surface area contributed by atoms with Crippen molar-refractivity contribution in [1.29, 1.82) is 0 Å². The topological polar surface area (TPSA) is 18.5 Å². The van der Waals surface area contributed by atoms with Crippen LogP contribution in [0.3, 0.4) is 0 Å². The van der Waals surface area contributed by atoms with Crippen molar-refractivity contribution >= 4 is 0 Å². The Kier molecular flexibility index (Phi) is 10.1. The summed E-state index contributed by atoms with van der Waals surface area (Å²) in [7, 11) is 0. The second-order valence-corrected chi connectivity index (χ2v) is 11.4. The lowest BCUT2D eigenvalue weighted by Gasteiger charge is -2.38. The van der Waals surface area contributed by atoms with Gasteiger partial charge in [-0.1, -0.05) is 57.6 Å². The summed E-state index contributed by atoms with van der Waals surface area (Å²) in [5, 5.41) is 0. The molecule has 0 spiro atoms. The van der Waals surface area contributed by atoms with E-state index < -0.39 is 30.3 Å². The lowest BCUT2D eigenvalue weighted by atomic mass is 9.68. The first-order valence-corrected chi connectivity index (χ1v) is 14.2. The highest BCUT2D eigenvalue weighted by molar-refractivity contribution is 5.30. The fraction of sp³-hybridized carbons (Fsp3) is 0.733. The van der Waals surface area contributed by atoms with Crippen LogP contribution in [-0.4, -0.2) is 25.7 Å². The molecule has 0 atom stereocenters. The van der Waals surface area contributed by atoms with E-state index in [0.29, 0.717) is 11.5 Å². The third-order valence-corrected chi connectivity index (χ3v) is 8.91. The van der Waals surface area contributed by atoms with Gasteiger partial charge in [0.15, 0.2) is 5.83 Å². The molecule has 0 bridgehead atoms. The highest BCUT2D eigenvalue weighted by Gasteiger charge is 2.34. The third-order valence-electron chi connectivity index (χ3n) is 8.91. The molecular weight excluding hydrogens is 487 g/mol. The number of halogens is 5. The van der Waals surface area contributed by atoms with E-state index in [1.54, 1.807) is 12.1 Å². The minimum absolute atomic E-state index is 0.105. The molecule has 2 aliphatic carbocycles. The molecule has 0 aromatic heterocycles. The molecule has 1 aliphatic heterocycles. The molecule has 0 N–H and O–H groups in total. The monoisotopic (exact) mass is 528 g/mol. The SMILES string of the molecule is CCCCCC1CCC(C2CCC(c3ccc(C4COC(/C(F)=C/C(F)(F)F)OC4)c(F)c3)CC2)CC1. The second-order valence-electron chi connectivity index (χ2n) is 11.4. The molecule has 4 rings (SSSR count). The Morgan fingerprint density at radius 1 is 0.892 bits per heavy atom. The van der Waals surface area contributed by atoms with Crippen LogP contribution in [0.5, 0.6) is 0 Å². The normalized spacial score (nSPS) is 31.9. The molecule has 7 heteroatoms. The van der Waals surface area contributed by atoms with Crippen molar-refractivity contribution in [2.24, 2.45) is 17.8 Å². The largest absolute Gasteiger partial charge is 0.412 e. The Labute approximate surface area is 218 Å². The Balaban J connectivity index is 1.24. The van der Waals surface area contributed by atoms with E-state index in [0.717, 1.165) is 36.2 Å². The van der Waals surface area contributed by atoms with Gasteiger partial charge in [-0.15, -0.1) is 0 Å². The zero-order chi connectivity index (χ0) is 26.4. The smallest absolute Gasteiger partial charge is 0.346 e. The fourth-order valence-corrected chi connectivity index (χ4v) is 6.75. The van der Waals surface area contributed by atoms with Gasteiger partial charge in [0.05, 0.1) is 19.3 Å². The van der Waals surface area contributed by atoms with Crippen molar-refractivity contribution in [3.63, 3.8) is 0 Å². The summed E-state index contributed by atoms with van der Waals surface area (Å²) >= 11 is 0. The molecule has 1 heterocycles. The van der Waals surface area contributed by atoms with E-state index >= 15 is 4.39 Å². The van der Waals surface area contributed by atoms with Crippen LogP contribution >= 0.6 is 0 Å². The van der Waals surface area contributed by atoms with Crippen LogP contribution in [0.2, 0.25) is 0 Å². The molecule has 0 radical (unpaired) electrons. The highest BCUT2D eigenvalue weighted by atomic mass is 19.4. The molecular formula is C30H41F5O2. The van der Waals surface area contributed by atoms with Crippen molar-refractivity contribution in [2.75, 3.05) is 13.2 Å². The van der Waals surface area contributed by atoms with E-state index in [4.69, 9.17) is 9.47 Å². The van der Waals surface area contributed by atoms with Gasteiger partial charge in [0, 0.05) is 5.92 Å². The minimum atomic E-state index is -4.79. The third kappa shape index (κ3) is 8.01. The van der Waals surface area contributed by atoms with Crippen LogP contribution in [0.25, 0.3) is 0 Å². The first-order valence-electron chi connectivity index (χ1n) is 14.2. The van der Waals surface area contributed by atoms with Crippen molar-refractivity contribution in [2.45, 2.75) is 108 Å². The summed E-state index contributed by atoms with van der Waals surface area (Å²) in [6, 6.07) is 5.29. The summed E-state index contributed by atoms with van der Waals surface area (Å²) in [5.41, 5.74) is 1.40. The lowest BCUT2D eigenvalue weighted by molar-refractivity contribution is -0.177. The molecule has 0 unspecified atom stereocenters. The summed E-state index contributed by atoms with van der Waals surface area (Å²) in [4.78, 5) is 0. The molecule has 2 saturated carbocycles. The summed E-state index contributed by atoms with van der Waals surface area (Å²) in [5.74, 6) is 0.565. The predicted octanol–water partition coefficient (Wildman–Crippen LogP) is 9.36. The van der Waals surface area contributed by atoms with Crippen LogP contribution < -0.4 is 0 Å². The maximum atomic E-state index is 15.0. The van der Waals surface area contributed by atoms with Gasteiger partial charge in [0.25, 0.3) is 0 Å². The molecule has 208 valence electrons. The average molecular weight is 529 g/mol. The predicted molar refractivity (Wildman–Crippen MR) is 134 cm³/mol. The number of ether oxygens (including phenoxy) is 2. The lowest BCUT2D eigenvalue weighted by Crippen LogP contribution is -2.32. The van der Waals surface area contributed by atoms with Gasteiger partial charge in [-0.25, -0.2) is 8.78 Å². The zero-order valence-electron chi connectivity index (χ0n) is 21.9. The van der Waals surface area contributed by atoms with Gasteiger partial charge in [-0.3, -0.25) is 0 Å². The zero-order valence-corrected chi connectivity index (χ0v) is 21.9. The van der Waals surface area contributed by atoms with E-state index in [2.05, 4.69) is 6.92 Å². The first kappa shape index (κ1) is 28.5. The van der Waals surface area contributed by atoms with E-state index in [9.17, 15) is 17.6 Å². The maximum absolute atomic E-state index is 15.0. The molecule has 37 heavy (non-hydrogen) atoms. The first-order chi connectivity index (χ1) is 17.7.